The van der Waals surface area contributed by atoms with Crippen LogP contribution in [0.3, 0.4) is 0 Å². The molecule has 1 heterocycles. The van der Waals surface area contributed by atoms with Gasteiger partial charge in [0.2, 0.25) is 5.91 Å². The standard InChI is InChI=1S/C22H27N3O4S/c1-5-24(6-2)22(26)15-25-12-11-17-14-18(7-9-20(17)25)23-30(27,28)21-10-8-19(29-4)13-16(21)3/h7-14,23H,5-6,15H2,1-4H3. The van der Waals surface area contributed by atoms with Crippen molar-refractivity contribution in [2.45, 2.75) is 32.2 Å². The molecule has 160 valence electrons. The number of amides is 1. The second kappa shape index (κ2) is 8.79. The van der Waals surface area contributed by atoms with Crippen molar-refractivity contribution < 1.29 is 17.9 Å². The van der Waals surface area contributed by atoms with E-state index >= 15 is 0 Å². The number of aromatic nitrogens is 1. The zero-order valence-electron chi connectivity index (χ0n) is 17.7. The van der Waals surface area contributed by atoms with E-state index in [0.717, 1.165) is 10.9 Å². The molecular formula is C22H27N3O4S. The summed E-state index contributed by atoms with van der Waals surface area (Å²) in [4.78, 5) is 14.4. The van der Waals surface area contributed by atoms with Gasteiger partial charge in [0.15, 0.2) is 0 Å². The highest BCUT2D eigenvalue weighted by atomic mass is 32.2. The van der Waals surface area contributed by atoms with Gasteiger partial charge in [-0.2, -0.15) is 0 Å². The highest BCUT2D eigenvalue weighted by molar-refractivity contribution is 7.92. The second-order valence-corrected chi connectivity index (χ2v) is 8.67. The Hall–Kier alpha value is -3.00. The molecule has 8 heteroatoms. The van der Waals surface area contributed by atoms with Crippen LogP contribution in [-0.4, -0.2) is 44.0 Å². The molecule has 1 N–H and O–H groups in total. The minimum absolute atomic E-state index is 0.0530. The lowest BCUT2D eigenvalue weighted by Gasteiger charge is -2.19. The molecule has 1 aromatic heterocycles. The average molecular weight is 430 g/mol. The lowest BCUT2D eigenvalue weighted by atomic mass is 10.2. The van der Waals surface area contributed by atoms with Crippen molar-refractivity contribution in [2.24, 2.45) is 0 Å². The molecule has 0 aliphatic rings. The molecule has 7 nitrogen and oxygen atoms in total. The van der Waals surface area contributed by atoms with Gasteiger partial charge in [0.1, 0.15) is 12.3 Å². The number of nitrogens with one attached hydrogen (secondary N) is 1. The Morgan fingerprint density at radius 1 is 1.10 bits per heavy atom. The van der Waals surface area contributed by atoms with E-state index in [4.69, 9.17) is 4.74 Å². The first-order valence-corrected chi connectivity index (χ1v) is 11.3. The van der Waals surface area contributed by atoms with Gasteiger partial charge in [-0.3, -0.25) is 9.52 Å². The van der Waals surface area contributed by atoms with Crippen LogP contribution >= 0.6 is 0 Å². The fourth-order valence-corrected chi connectivity index (χ4v) is 4.76. The van der Waals surface area contributed by atoms with Crippen molar-refractivity contribution >= 4 is 32.5 Å². The summed E-state index contributed by atoms with van der Waals surface area (Å²) in [6.07, 6.45) is 1.85. The maximum atomic E-state index is 12.8. The molecule has 0 saturated heterocycles. The van der Waals surface area contributed by atoms with Gasteiger partial charge in [0.25, 0.3) is 10.0 Å². The SMILES string of the molecule is CCN(CC)C(=O)Cn1ccc2cc(NS(=O)(=O)c3ccc(OC)cc3C)ccc21. The highest BCUT2D eigenvalue weighted by Gasteiger charge is 2.18. The van der Waals surface area contributed by atoms with Crippen molar-refractivity contribution in [3.05, 3.63) is 54.2 Å². The summed E-state index contributed by atoms with van der Waals surface area (Å²) in [5.41, 5.74) is 1.94. The van der Waals surface area contributed by atoms with Crippen LogP contribution in [0.2, 0.25) is 0 Å². The molecule has 0 spiro atoms. The largest absolute Gasteiger partial charge is 0.497 e. The Balaban J connectivity index is 1.84. The van der Waals surface area contributed by atoms with E-state index in [2.05, 4.69) is 4.72 Å². The number of hydrogen-bond acceptors (Lipinski definition) is 4. The van der Waals surface area contributed by atoms with Crippen LogP contribution < -0.4 is 9.46 Å². The number of carbonyl (C=O) groups excluding carboxylic acids is 1. The lowest BCUT2D eigenvalue weighted by Crippen LogP contribution is -2.33. The Labute approximate surface area is 177 Å². The maximum absolute atomic E-state index is 12.8. The number of likely N-dealkylation sites (N-methyl/N-ethyl adjacent to an activating group) is 1. The van der Waals surface area contributed by atoms with Crippen LogP contribution in [0.1, 0.15) is 19.4 Å². The van der Waals surface area contributed by atoms with Crippen LogP contribution in [0.15, 0.2) is 53.6 Å². The van der Waals surface area contributed by atoms with Crippen LogP contribution in [-0.2, 0) is 21.4 Å². The summed E-state index contributed by atoms with van der Waals surface area (Å²) in [6.45, 7) is 7.24. The Bertz CT molecular complexity index is 1160. The van der Waals surface area contributed by atoms with Crippen molar-refractivity contribution in [3.8, 4) is 5.75 Å². The van der Waals surface area contributed by atoms with Gasteiger partial charge >= 0.3 is 0 Å². The zero-order valence-corrected chi connectivity index (χ0v) is 18.5. The number of benzene rings is 2. The summed E-state index contributed by atoms with van der Waals surface area (Å²) >= 11 is 0. The highest BCUT2D eigenvalue weighted by Crippen LogP contribution is 2.26. The Morgan fingerprint density at radius 3 is 2.47 bits per heavy atom. The summed E-state index contributed by atoms with van der Waals surface area (Å²) in [7, 11) is -2.20. The van der Waals surface area contributed by atoms with E-state index in [1.165, 1.54) is 13.2 Å². The number of fused-ring (bicyclic) bond motifs is 1. The van der Waals surface area contributed by atoms with Crippen molar-refractivity contribution in [1.29, 1.82) is 0 Å². The van der Waals surface area contributed by atoms with E-state index in [-0.39, 0.29) is 17.3 Å². The summed E-state index contributed by atoms with van der Waals surface area (Å²) in [6, 6.07) is 12.0. The molecule has 0 saturated carbocycles. The molecule has 1 amide bonds. The predicted octanol–water partition coefficient (Wildman–Crippen LogP) is 3.63. The van der Waals surface area contributed by atoms with Gasteiger partial charge < -0.3 is 14.2 Å². The molecule has 0 bridgehead atoms. The fraction of sp³-hybridized carbons (Fsp3) is 0.318. The normalized spacial score (nSPS) is 11.5. The lowest BCUT2D eigenvalue weighted by molar-refractivity contribution is -0.131. The number of hydrogen-bond donors (Lipinski definition) is 1. The van der Waals surface area contributed by atoms with Crippen molar-refractivity contribution in [2.75, 3.05) is 24.9 Å². The van der Waals surface area contributed by atoms with Crippen molar-refractivity contribution in [3.63, 3.8) is 0 Å². The number of rotatable bonds is 8. The third kappa shape index (κ3) is 4.43. The molecule has 0 unspecified atom stereocenters. The smallest absolute Gasteiger partial charge is 0.262 e. The molecule has 0 radical (unpaired) electrons. The Kier molecular flexibility index (Phi) is 6.36. The topological polar surface area (TPSA) is 80.6 Å². The molecule has 0 aliphatic heterocycles. The zero-order chi connectivity index (χ0) is 21.9. The predicted molar refractivity (Wildman–Crippen MR) is 118 cm³/mol. The maximum Gasteiger partial charge on any atom is 0.262 e. The van der Waals surface area contributed by atoms with E-state index in [9.17, 15) is 13.2 Å². The average Bonchev–Trinajstić information content (AvgIpc) is 3.10. The van der Waals surface area contributed by atoms with Crippen LogP contribution in [0, 0.1) is 6.92 Å². The quantitative estimate of drug-likeness (QED) is 0.593. The van der Waals surface area contributed by atoms with Gasteiger partial charge in [0.05, 0.1) is 12.0 Å². The molecule has 0 fully saturated rings. The van der Waals surface area contributed by atoms with Gasteiger partial charge in [-0.25, -0.2) is 8.42 Å². The number of anilines is 1. The number of ether oxygens (including phenoxy) is 1. The van der Waals surface area contributed by atoms with Crippen LogP contribution in [0.4, 0.5) is 5.69 Å². The number of aryl methyl sites for hydroxylation is 1. The van der Waals surface area contributed by atoms with Crippen LogP contribution in [0.25, 0.3) is 10.9 Å². The molecule has 0 aliphatic carbocycles. The van der Waals surface area contributed by atoms with Gasteiger partial charge in [0, 0.05) is 35.9 Å². The summed E-state index contributed by atoms with van der Waals surface area (Å²) in [5, 5.41) is 0.856. The summed E-state index contributed by atoms with van der Waals surface area (Å²) < 4.78 is 35.3. The monoisotopic (exact) mass is 429 g/mol. The van der Waals surface area contributed by atoms with Gasteiger partial charge in [-0.05, 0) is 68.8 Å². The number of sulfonamides is 1. The first kappa shape index (κ1) is 21.7. The number of methoxy groups -OCH3 is 1. The fourth-order valence-electron chi connectivity index (χ4n) is 3.48. The number of nitrogens with zero attached hydrogens (tertiary/aromatic N) is 2. The Morgan fingerprint density at radius 2 is 1.83 bits per heavy atom. The molecule has 0 atom stereocenters. The molecule has 3 rings (SSSR count). The molecule has 30 heavy (non-hydrogen) atoms. The van der Waals surface area contributed by atoms with E-state index in [1.54, 1.807) is 36.1 Å². The summed E-state index contributed by atoms with van der Waals surface area (Å²) in [5.74, 6) is 0.658. The molecular weight excluding hydrogens is 402 g/mol. The second-order valence-electron chi connectivity index (χ2n) is 7.02. The molecule has 2 aromatic carbocycles. The third-order valence-corrected chi connectivity index (χ3v) is 6.66. The van der Waals surface area contributed by atoms with E-state index in [1.807, 2.05) is 36.7 Å². The first-order chi connectivity index (χ1) is 14.3. The van der Waals surface area contributed by atoms with E-state index < -0.39 is 10.0 Å². The van der Waals surface area contributed by atoms with Crippen LogP contribution in [0.5, 0.6) is 5.75 Å². The first-order valence-electron chi connectivity index (χ1n) is 9.83. The minimum Gasteiger partial charge on any atom is -0.497 e. The minimum atomic E-state index is -3.74. The third-order valence-electron chi connectivity index (χ3n) is 5.12. The van der Waals surface area contributed by atoms with Gasteiger partial charge in [-0.15, -0.1) is 0 Å². The van der Waals surface area contributed by atoms with Crippen molar-refractivity contribution in [1.82, 2.24) is 9.47 Å². The van der Waals surface area contributed by atoms with Gasteiger partial charge in [-0.1, -0.05) is 0 Å². The number of carbonyl (C=O) groups is 1. The molecule has 3 aromatic rings. The van der Waals surface area contributed by atoms with E-state index in [0.29, 0.717) is 30.1 Å².